The van der Waals surface area contributed by atoms with Gasteiger partial charge in [0.1, 0.15) is 18.5 Å². The first-order valence-corrected chi connectivity index (χ1v) is 11.4. The van der Waals surface area contributed by atoms with Crippen molar-refractivity contribution in [2.75, 3.05) is 14.2 Å². The zero-order chi connectivity index (χ0) is 26.2. The van der Waals surface area contributed by atoms with Gasteiger partial charge in [-0.1, -0.05) is 12.1 Å². The third-order valence-electron chi connectivity index (χ3n) is 5.88. The Hall–Kier alpha value is -4.22. The number of methoxy groups -OCH3 is 2. The summed E-state index contributed by atoms with van der Waals surface area (Å²) in [6, 6.07) is 7.61. The van der Waals surface area contributed by atoms with Gasteiger partial charge in [0.05, 0.1) is 25.6 Å². The average molecular weight is 512 g/mol. The lowest BCUT2D eigenvalue weighted by atomic mass is 10.1. The molecule has 12 heteroatoms. The van der Waals surface area contributed by atoms with Gasteiger partial charge in [-0.15, -0.1) is 0 Å². The number of nitrogens with zero attached hydrogens (tertiary/aromatic N) is 6. The third-order valence-corrected chi connectivity index (χ3v) is 5.88. The van der Waals surface area contributed by atoms with Gasteiger partial charge in [0, 0.05) is 23.7 Å². The van der Waals surface area contributed by atoms with Gasteiger partial charge >= 0.3 is 6.18 Å². The summed E-state index contributed by atoms with van der Waals surface area (Å²) in [6.07, 6.45) is 0.663. The maximum Gasteiger partial charge on any atom is 0.435 e. The molecule has 0 radical (unpaired) electrons. The number of hydrogen-bond donors (Lipinski definition) is 0. The van der Waals surface area contributed by atoms with Crippen LogP contribution in [-0.2, 0) is 12.8 Å². The van der Waals surface area contributed by atoms with Crippen LogP contribution in [0.3, 0.4) is 0 Å². The summed E-state index contributed by atoms with van der Waals surface area (Å²) in [6.45, 7) is 2.02. The zero-order valence-corrected chi connectivity index (χ0v) is 20.3. The highest BCUT2D eigenvalue weighted by atomic mass is 19.4. The SMILES string of the molecule is COc1ncnc(C2CC2)c1-c1ncc(C)c(OCc2ccc(-n3nc(C(F)(F)F)cc3OC)cc2)n1. The molecule has 1 aliphatic carbocycles. The first-order chi connectivity index (χ1) is 17.8. The third kappa shape index (κ3) is 5.04. The number of rotatable bonds is 8. The minimum absolute atomic E-state index is 0.0219. The molecular weight excluding hydrogens is 489 g/mol. The van der Waals surface area contributed by atoms with E-state index in [-0.39, 0.29) is 12.5 Å². The number of halogens is 3. The van der Waals surface area contributed by atoms with Gasteiger partial charge in [-0.2, -0.15) is 23.3 Å². The molecule has 0 spiro atoms. The molecule has 1 aliphatic rings. The summed E-state index contributed by atoms with van der Waals surface area (Å²) in [5.74, 6) is 1.53. The Morgan fingerprint density at radius 2 is 1.76 bits per heavy atom. The molecule has 0 N–H and O–H groups in total. The fourth-order valence-electron chi connectivity index (χ4n) is 3.82. The molecule has 3 heterocycles. The number of benzene rings is 1. The molecule has 1 aromatic carbocycles. The largest absolute Gasteiger partial charge is 0.481 e. The van der Waals surface area contributed by atoms with Gasteiger partial charge in [-0.25, -0.2) is 19.6 Å². The van der Waals surface area contributed by atoms with E-state index in [1.165, 1.54) is 13.4 Å². The van der Waals surface area contributed by atoms with E-state index in [0.717, 1.165) is 40.4 Å². The van der Waals surface area contributed by atoms with Gasteiger partial charge < -0.3 is 14.2 Å². The normalized spacial score (nSPS) is 13.5. The van der Waals surface area contributed by atoms with Crippen LogP contribution in [0.2, 0.25) is 0 Å². The molecule has 37 heavy (non-hydrogen) atoms. The Labute approximate surface area is 210 Å². The quantitative estimate of drug-likeness (QED) is 0.328. The number of aryl methyl sites for hydroxylation is 1. The minimum atomic E-state index is -4.57. The highest BCUT2D eigenvalue weighted by molar-refractivity contribution is 5.66. The van der Waals surface area contributed by atoms with E-state index in [4.69, 9.17) is 14.2 Å². The lowest BCUT2D eigenvalue weighted by Gasteiger charge is -2.13. The number of alkyl halides is 3. The number of aromatic nitrogens is 6. The summed E-state index contributed by atoms with van der Waals surface area (Å²) in [5.41, 5.74) is 2.43. The molecule has 5 rings (SSSR count). The monoisotopic (exact) mass is 512 g/mol. The zero-order valence-electron chi connectivity index (χ0n) is 20.3. The second kappa shape index (κ2) is 9.68. The molecule has 0 saturated heterocycles. The van der Waals surface area contributed by atoms with Crippen molar-refractivity contribution in [3.63, 3.8) is 0 Å². The van der Waals surface area contributed by atoms with E-state index in [1.54, 1.807) is 37.6 Å². The fourth-order valence-corrected chi connectivity index (χ4v) is 3.82. The molecular formula is C25H23F3N6O3. The van der Waals surface area contributed by atoms with E-state index < -0.39 is 11.9 Å². The van der Waals surface area contributed by atoms with Gasteiger partial charge in [0.25, 0.3) is 0 Å². The van der Waals surface area contributed by atoms with Crippen LogP contribution >= 0.6 is 0 Å². The van der Waals surface area contributed by atoms with Crippen LogP contribution in [0.1, 0.15) is 41.3 Å². The van der Waals surface area contributed by atoms with Gasteiger partial charge in [-0.3, -0.25) is 0 Å². The fraction of sp³-hybridized carbons (Fsp3) is 0.320. The summed E-state index contributed by atoms with van der Waals surface area (Å²) >= 11 is 0. The van der Waals surface area contributed by atoms with E-state index in [0.29, 0.717) is 34.8 Å². The van der Waals surface area contributed by atoms with Crippen LogP contribution in [0, 0.1) is 6.92 Å². The van der Waals surface area contributed by atoms with Crippen LogP contribution in [-0.4, -0.2) is 43.9 Å². The Bertz CT molecular complexity index is 1420. The minimum Gasteiger partial charge on any atom is -0.481 e. The molecule has 3 aromatic heterocycles. The average Bonchev–Trinajstić information content (AvgIpc) is 3.65. The second-order valence-electron chi connectivity index (χ2n) is 8.54. The van der Waals surface area contributed by atoms with E-state index in [9.17, 15) is 13.2 Å². The molecule has 0 aliphatic heterocycles. The number of hydrogen-bond acceptors (Lipinski definition) is 8. The second-order valence-corrected chi connectivity index (χ2v) is 8.54. The van der Waals surface area contributed by atoms with Crippen molar-refractivity contribution < 1.29 is 27.4 Å². The van der Waals surface area contributed by atoms with Crippen molar-refractivity contribution in [2.24, 2.45) is 0 Å². The summed E-state index contributed by atoms with van der Waals surface area (Å²) < 4.78 is 56.8. The summed E-state index contributed by atoms with van der Waals surface area (Å²) in [5, 5.41) is 3.63. The predicted molar refractivity (Wildman–Crippen MR) is 126 cm³/mol. The van der Waals surface area contributed by atoms with Crippen LogP contribution < -0.4 is 14.2 Å². The van der Waals surface area contributed by atoms with Gasteiger partial charge in [0.15, 0.2) is 11.5 Å². The summed E-state index contributed by atoms with van der Waals surface area (Å²) in [7, 11) is 2.83. The maximum absolute atomic E-state index is 13.1. The van der Waals surface area contributed by atoms with Gasteiger partial charge in [-0.05, 0) is 37.5 Å². The Morgan fingerprint density at radius 1 is 1.00 bits per heavy atom. The van der Waals surface area contributed by atoms with Gasteiger partial charge in [0.2, 0.25) is 17.6 Å². The molecule has 0 unspecified atom stereocenters. The van der Waals surface area contributed by atoms with Crippen LogP contribution in [0.5, 0.6) is 17.6 Å². The first kappa shape index (κ1) is 24.5. The lowest BCUT2D eigenvalue weighted by Crippen LogP contribution is -2.07. The van der Waals surface area contributed by atoms with Crippen molar-refractivity contribution in [1.29, 1.82) is 0 Å². The molecule has 4 aromatic rings. The maximum atomic E-state index is 13.1. The van der Waals surface area contributed by atoms with Crippen molar-refractivity contribution in [3.05, 3.63) is 65.4 Å². The van der Waals surface area contributed by atoms with Crippen molar-refractivity contribution in [2.45, 2.75) is 38.5 Å². The smallest absolute Gasteiger partial charge is 0.435 e. The number of ether oxygens (including phenoxy) is 3. The Balaban J connectivity index is 1.36. The highest BCUT2D eigenvalue weighted by Crippen LogP contribution is 2.45. The first-order valence-electron chi connectivity index (χ1n) is 11.4. The molecule has 0 bridgehead atoms. The van der Waals surface area contributed by atoms with Crippen LogP contribution in [0.4, 0.5) is 13.2 Å². The van der Waals surface area contributed by atoms with Crippen molar-refractivity contribution in [3.8, 4) is 34.7 Å². The summed E-state index contributed by atoms with van der Waals surface area (Å²) in [4.78, 5) is 17.8. The molecule has 9 nitrogen and oxygen atoms in total. The standard InChI is InChI=1S/C25H23F3N6O3/c1-14-11-29-22(20-21(16-6-7-16)30-13-31-24(20)36-3)32-23(14)37-12-15-4-8-17(9-5-15)34-19(35-2)10-18(33-34)25(26,27)28/h4-5,8-11,13,16H,6-7,12H2,1-3H3. The van der Waals surface area contributed by atoms with E-state index in [1.807, 2.05) is 6.92 Å². The van der Waals surface area contributed by atoms with E-state index >= 15 is 0 Å². The highest BCUT2D eigenvalue weighted by Gasteiger charge is 2.35. The lowest BCUT2D eigenvalue weighted by molar-refractivity contribution is -0.141. The topological polar surface area (TPSA) is 97.1 Å². The molecule has 0 amide bonds. The molecule has 1 saturated carbocycles. The molecule has 1 fully saturated rings. The van der Waals surface area contributed by atoms with Crippen molar-refractivity contribution >= 4 is 0 Å². The molecule has 0 atom stereocenters. The molecule has 192 valence electrons. The van der Waals surface area contributed by atoms with Crippen molar-refractivity contribution in [1.82, 2.24) is 29.7 Å². The van der Waals surface area contributed by atoms with Crippen LogP contribution in [0.25, 0.3) is 17.1 Å². The Kier molecular flexibility index (Phi) is 6.40. The van der Waals surface area contributed by atoms with E-state index in [2.05, 4.69) is 25.0 Å². The van der Waals surface area contributed by atoms with Crippen LogP contribution in [0.15, 0.2) is 42.9 Å². The Morgan fingerprint density at radius 3 is 2.41 bits per heavy atom. The predicted octanol–water partition coefficient (Wildman–Crippen LogP) is 4.92.